The van der Waals surface area contributed by atoms with Crippen LogP contribution in [0.3, 0.4) is 0 Å². The van der Waals surface area contributed by atoms with Gasteiger partial charge >= 0.3 is 0 Å². The maximum atomic E-state index is 12.7. The summed E-state index contributed by atoms with van der Waals surface area (Å²) in [4.78, 5) is 37.5. The largest absolute Gasteiger partial charge is 0.352 e. The van der Waals surface area contributed by atoms with Crippen LogP contribution < -0.4 is 10.2 Å². The van der Waals surface area contributed by atoms with Gasteiger partial charge in [0, 0.05) is 45.1 Å². The predicted octanol–water partition coefficient (Wildman–Crippen LogP) is 1.08. The Morgan fingerprint density at radius 1 is 0.963 bits per heavy atom. The van der Waals surface area contributed by atoms with Crippen molar-refractivity contribution in [3.05, 3.63) is 54.4 Å². The topological polar surface area (TPSA) is 78.4 Å². The van der Waals surface area contributed by atoms with Crippen LogP contribution in [0.5, 0.6) is 0 Å². The van der Waals surface area contributed by atoms with Crippen molar-refractivity contribution in [2.75, 3.05) is 31.1 Å². The van der Waals surface area contributed by atoms with E-state index in [9.17, 15) is 9.59 Å². The van der Waals surface area contributed by atoms with Crippen molar-refractivity contribution in [1.82, 2.24) is 20.2 Å². The first kappa shape index (κ1) is 17.5. The molecular weight excluding hydrogens is 342 g/mol. The molecule has 7 nitrogen and oxygen atoms in total. The molecule has 0 radical (unpaired) electrons. The van der Waals surface area contributed by atoms with E-state index in [1.54, 1.807) is 18.5 Å². The maximum absolute atomic E-state index is 12.7. The summed E-state index contributed by atoms with van der Waals surface area (Å²) in [6.07, 6.45) is 4.10. The van der Waals surface area contributed by atoms with Crippen molar-refractivity contribution in [3.63, 3.8) is 0 Å². The molecule has 2 heterocycles. The Kier molecular flexibility index (Phi) is 5.00. The molecule has 1 saturated heterocycles. The Hall–Kier alpha value is -2.96. The van der Waals surface area contributed by atoms with Gasteiger partial charge in [0.25, 0.3) is 0 Å². The number of anilines is 1. The molecule has 2 aromatic rings. The molecular formula is C20H23N5O2. The lowest BCUT2D eigenvalue weighted by Crippen LogP contribution is -2.50. The standard InChI is InChI=1S/C20H23N5O2/c26-18(23-14-15-5-2-1-3-6-15)16-13-17(16)19(27)24-9-11-25(12-10-24)20-21-7-4-8-22-20/h1-8,16-17H,9-14H2,(H,23,26). The normalized spacial score (nSPS) is 21.6. The highest BCUT2D eigenvalue weighted by Gasteiger charge is 2.49. The molecule has 27 heavy (non-hydrogen) atoms. The van der Waals surface area contributed by atoms with Crippen molar-refractivity contribution >= 4 is 17.8 Å². The average Bonchev–Trinajstić information content (AvgIpc) is 3.54. The lowest BCUT2D eigenvalue weighted by Gasteiger charge is -2.34. The number of benzene rings is 1. The summed E-state index contributed by atoms with van der Waals surface area (Å²) in [5.41, 5.74) is 1.06. The Balaban J connectivity index is 1.24. The Morgan fingerprint density at radius 2 is 1.67 bits per heavy atom. The first-order valence-electron chi connectivity index (χ1n) is 9.35. The number of nitrogens with one attached hydrogen (secondary N) is 1. The summed E-state index contributed by atoms with van der Waals surface area (Å²) in [5, 5.41) is 2.94. The smallest absolute Gasteiger partial charge is 0.226 e. The third-order valence-corrected chi connectivity index (χ3v) is 5.18. The number of piperazine rings is 1. The Labute approximate surface area is 158 Å². The minimum Gasteiger partial charge on any atom is -0.352 e. The summed E-state index contributed by atoms with van der Waals surface area (Å²) >= 11 is 0. The molecule has 2 amide bonds. The van der Waals surface area contributed by atoms with E-state index in [1.807, 2.05) is 35.2 Å². The van der Waals surface area contributed by atoms with Crippen molar-refractivity contribution in [2.24, 2.45) is 11.8 Å². The van der Waals surface area contributed by atoms with Gasteiger partial charge in [0.1, 0.15) is 0 Å². The lowest BCUT2D eigenvalue weighted by atomic mass is 10.2. The van der Waals surface area contributed by atoms with Gasteiger partial charge in [0.2, 0.25) is 17.8 Å². The SMILES string of the molecule is O=C(NCc1ccccc1)C1CC1C(=O)N1CCN(c2ncccn2)CC1. The molecule has 1 aliphatic carbocycles. The number of carbonyl (C=O) groups excluding carboxylic acids is 2. The molecule has 1 saturated carbocycles. The van der Waals surface area contributed by atoms with E-state index in [1.165, 1.54) is 0 Å². The summed E-state index contributed by atoms with van der Waals surface area (Å²) in [7, 11) is 0. The van der Waals surface area contributed by atoms with Crippen molar-refractivity contribution < 1.29 is 9.59 Å². The minimum absolute atomic E-state index is 0.0199. The van der Waals surface area contributed by atoms with Gasteiger partial charge in [-0.15, -0.1) is 0 Å². The monoisotopic (exact) mass is 365 g/mol. The Morgan fingerprint density at radius 3 is 2.37 bits per heavy atom. The van der Waals surface area contributed by atoms with E-state index in [0.717, 1.165) is 5.56 Å². The molecule has 0 spiro atoms. The first-order valence-corrected chi connectivity index (χ1v) is 9.35. The fourth-order valence-corrected chi connectivity index (χ4v) is 3.49. The molecule has 1 aliphatic heterocycles. The van der Waals surface area contributed by atoms with Crippen LogP contribution in [0.1, 0.15) is 12.0 Å². The van der Waals surface area contributed by atoms with Crippen LogP contribution in [0.15, 0.2) is 48.8 Å². The van der Waals surface area contributed by atoms with Gasteiger partial charge in [-0.2, -0.15) is 0 Å². The van der Waals surface area contributed by atoms with Crippen LogP contribution in [-0.2, 0) is 16.1 Å². The van der Waals surface area contributed by atoms with Gasteiger partial charge in [-0.05, 0) is 18.1 Å². The van der Waals surface area contributed by atoms with Crippen LogP contribution in [0.4, 0.5) is 5.95 Å². The third kappa shape index (κ3) is 4.07. The van der Waals surface area contributed by atoms with E-state index in [-0.39, 0.29) is 23.7 Å². The fourth-order valence-electron chi connectivity index (χ4n) is 3.49. The van der Waals surface area contributed by atoms with Gasteiger partial charge in [-0.3, -0.25) is 9.59 Å². The molecule has 2 unspecified atom stereocenters. The van der Waals surface area contributed by atoms with Crippen LogP contribution in [-0.4, -0.2) is 52.9 Å². The van der Waals surface area contributed by atoms with Crippen molar-refractivity contribution in [1.29, 1.82) is 0 Å². The summed E-state index contributed by atoms with van der Waals surface area (Å²) in [6.45, 7) is 3.23. The molecule has 2 fully saturated rings. The molecule has 0 bridgehead atoms. The quantitative estimate of drug-likeness (QED) is 0.858. The van der Waals surface area contributed by atoms with Crippen molar-refractivity contribution in [2.45, 2.75) is 13.0 Å². The summed E-state index contributed by atoms with van der Waals surface area (Å²) in [5.74, 6) is 0.434. The second kappa shape index (κ2) is 7.73. The second-order valence-electron chi connectivity index (χ2n) is 7.01. The van der Waals surface area contributed by atoms with E-state index < -0.39 is 0 Å². The van der Waals surface area contributed by atoms with Gasteiger partial charge in [-0.25, -0.2) is 9.97 Å². The lowest BCUT2D eigenvalue weighted by molar-refractivity contribution is -0.135. The molecule has 7 heteroatoms. The minimum atomic E-state index is -0.184. The van der Waals surface area contributed by atoms with Crippen LogP contribution in [0.25, 0.3) is 0 Å². The number of carbonyl (C=O) groups is 2. The number of hydrogen-bond acceptors (Lipinski definition) is 5. The highest BCUT2D eigenvalue weighted by molar-refractivity contribution is 5.92. The van der Waals surface area contributed by atoms with E-state index in [0.29, 0.717) is 45.1 Å². The number of hydrogen-bond donors (Lipinski definition) is 1. The highest BCUT2D eigenvalue weighted by Crippen LogP contribution is 2.40. The zero-order valence-corrected chi connectivity index (χ0v) is 15.1. The predicted molar refractivity (Wildman–Crippen MR) is 101 cm³/mol. The third-order valence-electron chi connectivity index (χ3n) is 5.18. The molecule has 1 aromatic carbocycles. The number of amides is 2. The van der Waals surface area contributed by atoms with Gasteiger partial charge < -0.3 is 15.1 Å². The van der Waals surface area contributed by atoms with Gasteiger partial charge in [-0.1, -0.05) is 30.3 Å². The zero-order chi connectivity index (χ0) is 18.6. The van der Waals surface area contributed by atoms with Crippen LogP contribution in [0.2, 0.25) is 0 Å². The van der Waals surface area contributed by atoms with Gasteiger partial charge in [0.05, 0.1) is 11.8 Å². The second-order valence-corrected chi connectivity index (χ2v) is 7.01. The molecule has 1 N–H and O–H groups in total. The molecule has 2 atom stereocenters. The molecule has 140 valence electrons. The summed E-state index contributed by atoms with van der Waals surface area (Å²) < 4.78 is 0. The van der Waals surface area contributed by atoms with Gasteiger partial charge in [0.15, 0.2) is 0 Å². The zero-order valence-electron chi connectivity index (χ0n) is 15.1. The molecule has 1 aromatic heterocycles. The maximum Gasteiger partial charge on any atom is 0.226 e. The number of rotatable bonds is 5. The molecule has 4 rings (SSSR count). The Bertz CT molecular complexity index is 791. The van der Waals surface area contributed by atoms with E-state index >= 15 is 0 Å². The number of aromatic nitrogens is 2. The van der Waals surface area contributed by atoms with E-state index in [2.05, 4.69) is 20.2 Å². The number of nitrogens with zero attached hydrogens (tertiary/aromatic N) is 4. The highest BCUT2D eigenvalue weighted by atomic mass is 16.2. The van der Waals surface area contributed by atoms with Crippen LogP contribution >= 0.6 is 0 Å². The summed E-state index contributed by atoms with van der Waals surface area (Å²) in [6, 6.07) is 11.6. The molecule has 2 aliphatic rings. The van der Waals surface area contributed by atoms with Crippen molar-refractivity contribution in [3.8, 4) is 0 Å². The first-order chi connectivity index (χ1) is 13.2. The van der Waals surface area contributed by atoms with Crippen LogP contribution in [0, 0.1) is 11.8 Å². The average molecular weight is 365 g/mol. The van der Waals surface area contributed by atoms with E-state index in [4.69, 9.17) is 0 Å². The fraction of sp³-hybridized carbons (Fsp3) is 0.400.